The third-order valence-electron chi connectivity index (χ3n) is 6.54. The number of para-hydroxylation sites is 2. The van der Waals surface area contributed by atoms with Crippen LogP contribution in [-0.2, 0) is 4.79 Å². The number of carbonyl (C=O) groups is 2. The van der Waals surface area contributed by atoms with Gasteiger partial charge in [0.05, 0.1) is 24.6 Å². The van der Waals surface area contributed by atoms with E-state index in [0.717, 1.165) is 16.7 Å². The van der Waals surface area contributed by atoms with E-state index in [2.05, 4.69) is 21.0 Å². The Morgan fingerprint density at radius 3 is 2.39 bits per heavy atom. The summed E-state index contributed by atoms with van der Waals surface area (Å²) >= 11 is 0. The lowest BCUT2D eigenvalue weighted by Crippen LogP contribution is -2.32. The molecule has 2 amide bonds. The minimum atomic E-state index is -0.554. The fourth-order valence-corrected chi connectivity index (χ4v) is 4.64. The van der Waals surface area contributed by atoms with Crippen LogP contribution in [0, 0.1) is 13.8 Å². The number of hydrogen-bond donors (Lipinski definition) is 3. The highest BCUT2D eigenvalue weighted by Crippen LogP contribution is 2.38. The van der Waals surface area contributed by atoms with Crippen molar-refractivity contribution in [2.75, 3.05) is 23.1 Å². The molecule has 2 heterocycles. The van der Waals surface area contributed by atoms with Crippen molar-refractivity contribution in [3.8, 4) is 5.75 Å². The number of allylic oxidation sites excluding steroid dienone is 1. The second-order valence-electron chi connectivity index (χ2n) is 9.31. The molecule has 0 radical (unpaired) electrons. The SMILES string of the molecule is COc1ccccc1NC(=O)C1=C(C)Nc2c(C(=O)Nc3ccc(C)cc3)cnn2[C@H]1c1cccc(C)c1. The molecule has 0 bridgehead atoms. The van der Waals surface area contributed by atoms with E-state index in [1.54, 1.807) is 23.9 Å². The first-order valence-corrected chi connectivity index (χ1v) is 12.3. The number of amides is 2. The zero-order valence-electron chi connectivity index (χ0n) is 21.7. The topological polar surface area (TPSA) is 97.3 Å². The molecule has 0 spiro atoms. The molecular formula is C30H29N5O3. The quantitative estimate of drug-likeness (QED) is 0.312. The lowest BCUT2D eigenvalue weighted by atomic mass is 9.93. The summed E-state index contributed by atoms with van der Waals surface area (Å²) in [6, 6.07) is 22.2. The minimum absolute atomic E-state index is 0.291. The normalized spacial score (nSPS) is 14.4. The number of fused-ring (bicyclic) bond motifs is 1. The van der Waals surface area contributed by atoms with Crippen LogP contribution in [0.1, 0.15) is 40.0 Å². The predicted octanol–water partition coefficient (Wildman–Crippen LogP) is 5.69. The molecule has 0 unspecified atom stereocenters. The van der Waals surface area contributed by atoms with E-state index in [0.29, 0.717) is 39.8 Å². The van der Waals surface area contributed by atoms with Crippen molar-refractivity contribution in [1.29, 1.82) is 0 Å². The molecule has 5 rings (SSSR count). The van der Waals surface area contributed by atoms with Crippen molar-refractivity contribution < 1.29 is 14.3 Å². The summed E-state index contributed by atoms with van der Waals surface area (Å²) in [7, 11) is 1.56. The number of aromatic nitrogens is 2. The predicted molar refractivity (Wildman–Crippen MR) is 149 cm³/mol. The van der Waals surface area contributed by atoms with Crippen LogP contribution in [0.2, 0.25) is 0 Å². The first-order chi connectivity index (χ1) is 18.4. The standard InChI is InChI=1S/C30H29N5O3/c1-18-12-14-22(15-13-18)33-29(36)23-17-31-35-27(21-9-7-8-19(2)16-21)26(20(3)32-28(23)35)30(37)34-24-10-5-6-11-25(24)38-4/h5-17,27,32H,1-4H3,(H,33,36)(H,34,37)/t27-/m0/s1. The first kappa shape index (κ1) is 24.8. The van der Waals surface area contributed by atoms with Gasteiger partial charge in [-0.1, -0.05) is 59.7 Å². The van der Waals surface area contributed by atoms with Gasteiger partial charge in [-0.15, -0.1) is 0 Å². The molecule has 3 N–H and O–H groups in total. The van der Waals surface area contributed by atoms with E-state index >= 15 is 0 Å². The van der Waals surface area contributed by atoms with Gasteiger partial charge in [-0.3, -0.25) is 9.59 Å². The summed E-state index contributed by atoms with van der Waals surface area (Å²) in [4.78, 5) is 27.0. The summed E-state index contributed by atoms with van der Waals surface area (Å²) < 4.78 is 7.12. The molecule has 0 aliphatic carbocycles. The Balaban J connectivity index is 1.54. The summed E-state index contributed by atoms with van der Waals surface area (Å²) in [6.45, 7) is 5.82. The van der Waals surface area contributed by atoms with Crippen LogP contribution < -0.4 is 20.7 Å². The minimum Gasteiger partial charge on any atom is -0.495 e. The van der Waals surface area contributed by atoms with Crippen LogP contribution in [0.15, 0.2) is 90.3 Å². The van der Waals surface area contributed by atoms with Gasteiger partial charge in [0, 0.05) is 11.4 Å². The number of ether oxygens (including phenoxy) is 1. The monoisotopic (exact) mass is 507 g/mol. The number of hydrogen-bond acceptors (Lipinski definition) is 5. The van der Waals surface area contributed by atoms with Gasteiger partial charge in [0.1, 0.15) is 23.2 Å². The van der Waals surface area contributed by atoms with Gasteiger partial charge in [0.15, 0.2) is 0 Å². The van der Waals surface area contributed by atoms with Crippen molar-refractivity contribution in [1.82, 2.24) is 9.78 Å². The van der Waals surface area contributed by atoms with Crippen LogP contribution in [0.3, 0.4) is 0 Å². The molecule has 3 aromatic carbocycles. The number of nitrogens with zero attached hydrogens (tertiary/aromatic N) is 2. The average Bonchev–Trinajstić information content (AvgIpc) is 3.33. The Morgan fingerprint density at radius 2 is 1.66 bits per heavy atom. The highest BCUT2D eigenvalue weighted by atomic mass is 16.5. The van der Waals surface area contributed by atoms with Gasteiger partial charge in [-0.05, 0) is 50.6 Å². The molecule has 38 heavy (non-hydrogen) atoms. The van der Waals surface area contributed by atoms with E-state index in [9.17, 15) is 9.59 Å². The van der Waals surface area contributed by atoms with E-state index in [1.165, 1.54) is 6.20 Å². The lowest BCUT2D eigenvalue weighted by Gasteiger charge is -2.30. The van der Waals surface area contributed by atoms with Crippen molar-refractivity contribution in [2.24, 2.45) is 0 Å². The largest absolute Gasteiger partial charge is 0.495 e. The van der Waals surface area contributed by atoms with Crippen molar-refractivity contribution in [2.45, 2.75) is 26.8 Å². The smallest absolute Gasteiger partial charge is 0.261 e. The summed E-state index contributed by atoms with van der Waals surface area (Å²) in [5.74, 6) is 0.496. The Kier molecular flexibility index (Phi) is 6.70. The van der Waals surface area contributed by atoms with Crippen LogP contribution in [-0.4, -0.2) is 28.7 Å². The maximum atomic E-state index is 13.7. The molecule has 0 saturated heterocycles. The summed E-state index contributed by atoms with van der Waals surface area (Å²) in [5, 5.41) is 13.8. The molecule has 8 nitrogen and oxygen atoms in total. The fourth-order valence-electron chi connectivity index (χ4n) is 4.64. The maximum absolute atomic E-state index is 13.7. The Labute approximate surface area is 221 Å². The molecule has 192 valence electrons. The Morgan fingerprint density at radius 1 is 0.895 bits per heavy atom. The van der Waals surface area contributed by atoms with Crippen molar-refractivity contribution in [3.63, 3.8) is 0 Å². The third-order valence-corrected chi connectivity index (χ3v) is 6.54. The van der Waals surface area contributed by atoms with Gasteiger partial charge in [-0.2, -0.15) is 5.10 Å². The molecule has 1 aliphatic rings. The number of nitrogens with one attached hydrogen (secondary N) is 3. The number of aryl methyl sites for hydroxylation is 2. The molecule has 4 aromatic rings. The van der Waals surface area contributed by atoms with Gasteiger partial charge in [0.2, 0.25) is 0 Å². The molecule has 1 aromatic heterocycles. The second-order valence-corrected chi connectivity index (χ2v) is 9.31. The van der Waals surface area contributed by atoms with Crippen LogP contribution >= 0.6 is 0 Å². The number of carbonyl (C=O) groups excluding carboxylic acids is 2. The van der Waals surface area contributed by atoms with Crippen molar-refractivity contribution in [3.05, 3.63) is 113 Å². The van der Waals surface area contributed by atoms with Crippen molar-refractivity contribution >= 4 is 29.0 Å². The number of benzene rings is 3. The van der Waals surface area contributed by atoms with Gasteiger partial charge in [-0.25, -0.2) is 4.68 Å². The van der Waals surface area contributed by atoms with E-state index in [4.69, 9.17) is 4.74 Å². The van der Waals surface area contributed by atoms with E-state index in [-0.39, 0.29) is 11.8 Å². The summed E-state index contributed by atoms with van der Waals surface area (Å²) in [5.41, 5.74) is 5.78. The molecular weight excluding hydrogens is 478 g/mol. The lowest BCUT2D eigenvalue weighted by molar-refractivity contribution is -0.113. The van der Waals surface area contributed by atoms with Crippen LogP contribution in [0.4, 0.5) is 17.2 Å². The van der Waals surface area contributed by atoms with Gasteiger partial charge in [0.25, 0.3) is 11.8 Å². The van der Waals surface area contributed by atoms with Crippen LogP contribution in [0.25, 0.3) is 0 Å². The zero-order chi connectivity index (χ0) is 26.8. The highest BCUT2D eigenvalue weighted by Gasteiger charge is 2.35. The zero-order valence-corrected chi connectivity index (χ0v) is 21.7. The number of rotatable bonds is 6. The molecule has 1 atom stereocenters. The molecule has 8 heteroatoms. The fraction of sp³-hybridized carbons (Fsp3) is 0.167. The molecule has 0 fully saturated rings. The van der Waals surface area contributed by atoms with E-state index < -0.39 is 6.04 Å². The Hall–Kier alpha value is -4.85. The van der Waals surface area contributed by atoms with E-state index in [1.807, 2.05) is 81.4 Å². The van der Waals surface area contributed by atoms with Gasteiger partial charge < -0.3 is 20.7 Å². The summed E-state index contributed by atoms with van der Waals surface area (Å²) in [6.07, 6.45) is 1.53. The first-order valence-electron chi connectivity index (χ1n) is 12.3. The average molecular weight is 508 g/mol. The number of methoxy groups -OCH3 is 1. The maximum Gasteiger partial charge on any atom is 0.261 e. The third kappa shape index (κ3) is 4.76. The molecule has 1 aliphatic heterocycles. The molecule has 0 saturated carbocycles. The highest BCUT2D eigenvalue weighted by molar-refractivity contribution is 6.09. The second kappa shape index (κ2) is 10.3. The Bertz CT molecular complexity index is 1550. The number of anilines is 3. The van der Waals surface area contributed by atoms with Crippen LogP contribution in [0.5, 0.6) is 5.75 Å². The van der Waals surface area contributed by atoms with Gasteiger partial charge >= 0.3 is 0 Å².